The van der Waals surface area contributed by atoms with Gasteiger partial charge in [-0.05, 0) is 38.3 Å². The summed E-state index contributed by atoms with van der Waals surface area (Å²) in [5.74, 6) is -0.258. The van der Waals surface area contributed by atoms with Gasteiger partial charge in [0.25, 0.3) is 0 Å². The molecule has 0 radical (unpaired) electrons. The van der Waals surface area contributed by atoms with Gasteiger partial charge in [-0.3, -0.25) is 4.79 Å². The van der Waals surface area contributed by atoms with Crippen molar-refractivity contribution in [3.8, 4) is 0 Å². The first-order valence-electron chi connectivity index (χ1n) is 10.3. The molecule has 0 fully saturated rings. The second kappa shape index (κ2) is 9.50. The van der Waals surface area contributed by atoms with Crippen LogP contribution in [-0.2, 0) is 21.4 Å². The minimum atomic E-state index is -0.881. The molecule has 5 heteroatoms. The highest BCUT2D eigenvalue weighted by Crippen LogP contribution is 2.30. The first kappa shape index (κ1) is 20.8. The van der Waals surface area contributed by atoms with Crippen molar-refractivity contribution in [3.05, 3.63) is 71.7 Å². The number of carbonyl (C=O) groups excluding carboxylic acids is 1. The van der Waals surface area contributed by atoms with E-state index in [0.29, 0.717) is 13.0 Å². The molecule has 5 nitrogen and oxygen atoms in total. The molecule has 1 unspecified atom stereocenters. The molecule has 2 aromatic heterocycles. The van der Waals surface area contributed by atoms with E-state index in [1.54, 1.807) is 10.7 Å². The lowest BCUT2D eigenvalue weighted by Crippen LogP contribution is -2.38. The Hall–Kier alpha value is -2.95. The Labute approximate surface area is 172 Å². The van der Waals surface area contributed by atoms with Crippen molar-refractivity contribution in [2.24, 2.45) is 0 Å². The molecule has 1 aromatic carbocycles. The van der Waals surface area contributed by atoms with Crippen LogP contribution >= 0.6 is 0 Å². The summed E-state index contributed by atoms with van der Waals surface area (Å²) in [6.07, 6.45) is 11.7. The molecule has 0 spiro atoms. The van der Waals surface area contributed by atoms with Crippen LogP contribution in [0, 0.1) is 0 Å². The Morgan fingerprint density at radius 2 is 2.00 bits per heavy atom. The Morgan fingerprint density at radius 3 is 2.72 bits per heavy atom. The monoisotopic (exact) mass is 391 g/mol. The van der Waals surface area contributed by atoms with E-state index in [2.05, 4.69) is 29.2 Å². The van der Waals surface area contributed by atoms with Crippen LogP contribution in [0.25, 0.3) is 11.7 Å². The van der Waals surface area contributed by atoms with Crippen LogP contribution in [0.15, 0.2) is 54.9 Å². The lowest BCUT2D eigenvalue weighted by Gasteiger charge is -2.28. The highest BCUT2D eigenvalue weighted by molar-refractivity contribution is 5.83. The van der Waals surface area contributed by atoms with Crippen LogP contribution in [0.3, 0.4) is 0 Å². The van der Waals surface area contributed by atoms with Crippen molar-refractivity contribution < 1.29 is 9.53 Å². The van der Waals surface area contributed by atoms with Crippen molar-refractivity contribution in [3.63, 3.8) is 0 Å². The van der Waals surface area contributed by atoms with Crippen LogP contribution in [0.4, 0.5) is 0 Å². The predicted octanol–water partition coefficient (Wildman–Crippen LogP) is 5.00. The lowest BCUT2D eigenvalue weighted by atomic mass is 9.80. The third-order valence-electron chi connectivity index (χ3n) is 5.14. The number of rotatable bonds is 9. The summed E-state index contributed by atoms with van der Waals surface area (Å²) in [6, 6.07) is 11.9. The summed E-state index contributed by atoms with van der Waals surface area (Å²) in [6.45, 7) is 6.27. The van der Waals surface area contributed by atoms with Gasteiger partial charge in [0.1, 0.15) is 5.41 Å². The van der Waals surface area contributed by atoms with Gasteiger partial charge >= 0.3 is 5.97 Å². The second-order valence-corrected chi connectivity index (χ2v) is 7.42. The van der Waals surface area contributed by atoms with E-state index >= 15 is 0 Å². The van der Waals surface area contributed by atoms with E-state index in [4.69, 9.17) is 4.74 Å². The van der Waals surface area contributed by atoms with Crippen molar-refractivity contribution in [2.45, 2.75) is 51.9 Å². The largest absolute Gasteiger partial charge is 0.465 e. The number of benzene rings is 1. The highest BCUT2D eigenvalue weighted by atomic mass is 16.5. The highest BCUT2D eigenvalue weighted by Gasteiger charge is 2.39. The SMILES string of the molecule is CCCCC=Cc1cnn2c(C(C)(Cc3ccccc3)C(=O)OCC)ccnc12. The number of hydrogen-bond donors (Lipinski definition) is 0. The standard InChI is InChI=1S/C24H29N3O2/c1-4-6-7-11-14-20-18-26-27-21(15-16-25-22(20)27)24(3,23(28)29-5-2)17-19-12-9-8-10-13-19/h8-16,18H,4-7,17H2,1-3H3. The average molecular weight is 392 g/mol. The van der Waals surface area contributed by atoms with Gasteiger partial charge in [-0.1, -0.05) is 62.2 Å². The second-order valence-electron chi connectivity index (χ2n) is 7.42. The minimum Gasteiger partial charge on any atom is -0.465 e. The molecule has 0 aliphatic carbocycles. The first-order chi connectivity index (χ1) is 14.1. The molecular formula is C24H29N3O2. The van der Waals surface area contributed by atoms with E-state index in [-0.39, 0.29) is 5.97 Å². The van der Waals surface area contributed by atoms with E-state index in [1.807, 2.05) is 56.4 Å². The third kappa shape index (κ3) is 4.56. The molecule has 0 aliphatic rings. The van der Waals surface area contributed by atoms with E-state index < -0.39 is 5.41 Å². The quantitative estimate of drug-likeness (QED) is 0.381. The molecule has 2 heterocycles. The molecule has 1 atom stereocenters. The number of carbonyl (C=O) groups is 1. The molecule has 0 saturated heterocycles. The van der Waals surface area contributed by atoms with E-state index in [1.165, 1.54) is 6.42 Å². The van der Waals surface area contributed by atoms with Gasteiger partial charge in [0, 0.05) is 11.8 Å². The minimum absolute atomic E-state index is 0.258. The Bertz CT molecular complexity index is 978. The first-order valence-corrected chi connectivity index (χ1v) is 10.3. The summed E-state index contributed by atoms with van der Waals surface area (Å²) in [5, 5.41) is 4.56. The number of esters is 1. The van der Waals surface area contributed by atoms with Crippen LogP contribution < -0.4 is 0 Å². The summed E-state index contributed by atoms with van der Waals surface area (Å²) < 4.78 is 7.24. The zero-order valence-corrected chi connectivity index (χ0v) is 17.5. The van der Waals surface area contributed by atoms with Gasteiger partial charge in [-0.2, -0.15) is 5.10 Å². The van der Waals surface area contributed by atoms with Gasteiger partial charge in [-0.15, -0.1) is 0 Å². The Morgan fingerprint density at radius 1 is 1.21 bits per heavy atom. The van der Waals surface area contributed by atoms with Crippen molar-refractivity contribution in [1.82, 2.24) is 14.6 Å². The van der Waals surface area contributed by atoms with Gasteiger partial charge < -0.3 is 4.74 Å². The Balaban J connectivity index is 2.04. The zero-order chi connectivity index (χ0) is 20.7. The lowest BCUT2D eigenvalue weighted by molar-refractivity contribution is -0.149. The maximum atomic E-state index is 13.1. The molecule has 0 amide bonds. The molecule has 0 bridgehead atoms. The summed E-state index contributed by atoms with van der Waals surface area (Å²) in [4.78, 5) is 17.6. The summed E-state index contributed by atoms with van der Waals surface area (Å²) in [7, 11) is 0. The predicted molar refractivity (Wildman–Crippen MR) is 116 cm³/mol. The zero-order valence-electron chi connectivity index (χ0n) is 17.5. The number of hydrogen-bond acceptors (Lipinski definition) is 4. The summed E-state index contributed by atoms with van der Waals surface area (Å²) in [5.41, 5.74) is 2.67. The number of unbranched alkanes of at least 4 members (excludes halogenated alkanes) is 2. The normalized spacial score (nSPS) is 13.6. The number of nitrogens with zero attached hydrogens (tertiary/aromatic N) is 3. The van der Waals surface area contributed by atoms with Gasteiger partial charge in [0.05, 0.1) is 18.5 Å². The fourth-order valence-electron chi connectivity index (χ4n) is 3.54. The molecular weight excluding hydrogens is 362 g/mol. The molecule has 0 N–H and O–H groups in total. The van der Waals surface area contributed by atoms with Gasteiger partial charge in [0.15, 0.2) is 5.65 Å². The van der Waals surface area contributed by atoms with Crippen LogP contribution in [0.2, 0.25) is 0 Å². The fraction of sp³-hybridized carbons (Fsp3) is 0.375. The smallest absolute Gasteiger partial charge is 0.318 e. The number of allylic oxidation sites excluding steroid dienone is 1. The fourth-order valence-corrected chi connectivity index (χ4v) is 3.54. The number of aromatic nitrogens is 3. The molecule has 0 aliphatic heterocycles. The average Bonchev–Trinajstić information content (AvgIpc) is 3.15. The van der Waals surface area contributed by atoms with Gasteiger partial charge in [-0.25, -0.2) is 9.50 Å². The Kier molecular flexibility index (Phi) is 6.81. The van der Waals surface area contributed by atoms with Crippen LogP contribution in [0.5, 0.6) is 0 Å². The molecule has 3 aromatic rings. The maximum Gasteiger partial charge on any atom is 0.318 e. The molecule has 152 valence electrons. The van der Waals surface area contributed by atoms with Crippen LogP contribution in [-0.4, -0.2) is 27.2 Å². The van der Waals surface area contributed by atoms with Crippen molar-refractivity contribution >= 4 is 17.7 Å². The number of ether oxygens (including phenoxy) is 1. The molecule has 0 saturated carbocycles. The van der Waals surface area contributed by atoms with Gasteiger partial charge in [0.2, 0.25) is 0 Å². The maximum absolute atomic E-state index is 13.1. The molecule has 3 rings (SSSR count). The molecule has 29 heavy (non-hydrogen) atoms. The van der Waals surface area contributed by atoms with E-state index in [0.717, 1.165) is 35.3 Å². The summed E-state index contributed by atoms with van der Waals surface area (Å²) >= 11 is 0. The van der Waals surface area contributed by atoms with E-state index in [9.17, 15) is 4.79 Å². The number of fused-ring (bicyclic) bond motifs is 1. The van der Waals surface area contributed by atoms with Crippen LogP contribution in [0.1, 0.15) is 56.9 Å². The van der Waals surface area contributed by atoms with Crippen molar-refractivity contribution in [2.75, 3.05) is 6.61 Å². The van der Waals surface area contributed by atoms with Crippen molar-refractivity contribution in [1.29, 1.82) is 0 Å². The topological polar surface area (TPSA) is 56.5 Å². The third-order valence-corrected chi connectivity index (χ3v) is 5.14.